The SMILES string of the molecule is C[C@H](C(=O)O)[C@H]1CC[C@H]2[C@@H]3CCC4CCCC[C@]4(C)[C@H]3CC[C@]12C. The van der Waals surface area contributed by atoms with Crippen LogP contribution in [0.1, 0.15) is 85.0 Å². The minimum absolute atomic E-state index is 0.168. The monoisotopic (exact) mass is 332 g/mol. The molecule has 24 heavy (non-hydrogen) atoms. The van der Waals surface area contributed by atoms with Crippen LogP contribution in [0.15, 0.2) is 0 Å². The van der Waals surface area contributed by atoms with Crippen molar-refractivity contribution in [2.24, 2.45) is 46.3 Å². The Morgan fingerprint density at radius 2 is 1.67 bits per heavy atom. The van der Waals surface area contributed by atoms with E-state index in [0.29, 0.717) is 11.3 Å². The molecule has 4 aliphatic carbocycles. The van der Waals surface area contributed by atoms with Crippen molar-refractivity contribution in [2.45, 2.75) is 85.0 Å². The maximum atomic E-state index is 11.6. The van der Waals surface area contributed by atoms with Gasteiger partial charge in [-0.25, -0.2) is 0 Å². The number of hydrogen-bond acceptors (Lipinski definition) is 1. The van der Waals surface area contributed by atoms with Crippen LogP contribution in [0.3, 0.4) is 0 Å². The standard InChI is InChI=1S/C22H36O2/c1-14(20(23)24)17-9-10-18-16-8-7-15-6-4-5-12-21(15,2)19(16)11-13-22(17,18)3/h14-19H,4-13H2,1-3H3,(H,23,24)/t14-,15?,16-,17+,18-,19-,21-,22+/m0/s1. The van der Waals surface area contributed by atoms with Crippen molar-refractivity contribution in [3.63, 3.8) is 0 Å². The maximum absolute atomic E-state index is 11.6. The van der Waals surface area contributed by atoms with Crippen LogP contribution in [0.4, 0.5) is 0 Å². The van der Waals surface area contributed by atoms with Gasteiger partial charge in [0, 0.05) is 0 Å². The quantitative estimate of drug-likeness (QED) is 0.698. The largest absolute Gasteiger partial charge is 0.481 e. The van der Waals surface area contributed by atoms with Gasteiger partial charge in [0.15, 0.2) is 0 Å². The zero-order chi connectivity index (χ0) is 17.1. The van der Waals surface area contributed by atoms with E-state index in [1.807, 2.05) is 6.92 Å². The third-order valence-corrected chi connectivity index (χ3v) is 9.65. The predicted octanol–water partition coefficient (Wildman–Crippen LogP) is 5.76. The first-order valence-corrected chi connectivity index (χ1v) is 10.6. The van der Waals surface area contributed by atoms with Gasteiger partial charge < -0.3 is 5.11 Å². The Morgan fingerprint density at radius 1 is 0.917 bits per heavy atom. The molecule has 0 aromatic carbocycles. The van der Waals surface area contributed by atoms with E-state index in [9.17, 15) is 9.90 Å². The van der Waals surface area contributed by atoms with Gasteiger partial charge in [0.2, 0.25) is 0 Å². The molecule has 2 heteroatoms. The van der Waals surface area contributed by atoms with Crippen LogP contribution in [-0.2, 0) is 4.79 Å². The van der Waals surface area contributed by atoms with Gasteiger partial charge in [0.25, 0.3) is 0 Å². The number of aliphatic carboxylic acids is 1. The van der Waals surface area contributed by atoms with Gasteiger partial charge in [0.05, 0.1) is 5.92 Å². The minimum atomic E-state index is -0.577. The summed E-state index contributed by atoms with van der Waals surface area (Å²) in [6, 6.07) is 0. The molecule has 0 spiro atoms. The first-order valence-electron chi connectivity index (χ1n) is 10.6. The number of carboxylic acids is 1. The molecule has 136 valence electrons. The van der Waals surface area contributed by atoms with E-state index in [1.54, 1.807) is 0 Å². The molecule has 0 heterocycles. The maximum Gasteiger partial charge on any atom is 0.306 e. The predicted molar refractivity (Wildman–Crippen MR) is 96.6 cm³/mol. The highest BCUT2D eigenvalue weighted by Gasteiger charge is 2.60. The Hall–Kier alpha value is -0.530. The lowest BCUT2D eigenvalue weighted by Gasteiger charge is -2.60. The van der Waals surface area contributed by atoms with Gasteiger partial charge in [-0.1, -0.05) is 33.6 Å². The third-order valence-electron chi connectivity index (χ3n) is 9.65. The van der Waals surface area contributed by atoms with E-state index in [2.05, 4.69) is 13.8 Å². The Bertz CT molecular complexity index is 514. The first kappa shape index (κ1) is 16.9. The smallest absolute Gasteiger partial charge is 0.306 e. The van der Waals surface area contributed by atoms with E-state index >= 15 is 0 Å². The summed E-state index contributed by atoms with van der Waals surface area (Å²) in [7, 11) is 0. The normalized spacial score (nSPS) is 52.0. The lowest BCUT2D eigenvalue weighted by atomic mass is 9.44. The van der Waals surface area contributed by atoms with Crippen LogP contribution in [0.25, 0.3) is 0 Å². The molecular weight excluding hydrogens is 296 g/mol. The number of hydrogen-bond donors (Lipinski definition) is 1. The summed E-state index contributed by atoms with van der Waals surface area (Å²) >= 11 is 0. The second-order valence-electron chi connectivity index (χ2n) is 10.3. The van der Waals surface area contributed by atoms with Gasteiger partial charge >= 0.3 is 5.97 Å². The molecule has 1 N–H and O–H groups in total. The molecule has 0 aliphatic heterocycles. The molecule has 0 saturated heterocycles. The third kappa shape index (κ3) is 2.23. The summed E-state index contributed by atoms with van der Waals surface area (Å²) in [6.45, 7) is 7.05. The van der Waals surface area contributed by atoms with Crippen molar-refractivity contribution < 1.29 is 9.90 Å². The highest BCUT2D eigenvalue weighted by molar-refractivity contribution is 5.70. The van der Waals surface area contributed by atoms with Crippen LogP contribution >= 0.6 is 0 Å². The molecule has 4 aliphatic rings. The number of rotatable bonds is 2. The van der Waals surface area contributed by atoms with E-state index in [0.717, 1.165) is 30.1 Å². The summed E-state index contributed by atoms with van der Waals surface area (Å²) in [6.07, 6.45) is 13.8. The molecule has 0 aromatic heterocycles. The molecule has 0 bridgehead atoms. The second-order valence-corrected chi connectivity index (χ2v) is 10.3. The van der Waals surface area contributed by atoms with Gasteiger partial charge in [-0.3, -0.25) is 4.79 Å². The molecule has 2 nitrogen and oxygen atoms in total. The average molecular weight is 333 g/mol. The number of carboxylic acid groups (broad SMARTS) is 1. The zero-order valence-corrected chi connectivity index (χ0v) is 15.9. The highest BCUT2D eigenvalue weighted by Crippen LogP contribution is 2.68. The minimum Gasteiger partial charge on any atom is -0.481 e. The summed E-state index contributed by atoms with van der Waals surface area (Å²) in [5.74, 6) is 3.24. The molecule has 8 atom stereocenters. The molecule has 4 saturated carbocycles. The molecule has 0 radical (unpaired) electrons. The van der Waals surface area contributed by atoms with Gasteiger partial charge in [-0.15, -0.1) is 0 Å². The van der Waals surface area contributed by atoms with Crippen LogP contribution in [0.5, 0.6) is 0 Å². The zero-order valence-electron chi connectivity index (χ0n) is 15.9. The molecule has 0 aromatic rings. The van der Waals surface area contributed by atoms with Crippen molar-refractivity contribution in [1.29, 1.82) is 0 Å². The molecule has 0 amide bonds. The Labute approximate surface area is 147 Å². The fourth-order valence-corrected chi connectivity index (χ4v) is 8.33. The molecule has 4 fully saturated rings. The van der Waals surface area contributed by atoms with E-state index in [4.69, 9.17) is 0 Å². The first-order chi connectivity index (χ1) is 11.4. The second kappa shape index (κ2) is 5.74. The van der Waals surface area contributed by atoms with Gasteiger partial charge in [-0.05, 0) is 91.8 Å². The molecule has 4 rings (SSSR count). The molecular formula is C22H36O2. The van der Waals surface area contributed by atoms with Crippen molar-refractivity contribution in [1.82, 2.24) is 0 Å². The number of carbonyl (C=O) groups is 1. The van der Waals surface area contributed by atoms with E-state index in [-0.39, 0.29) is 11.3 Å². The van der Waals surface area contributed by atoms with Crippen LogP contribution < -0.4 is 0 Å². The highest BCUT2D eigenvalue weighted by atomic mass is 16.4. The van der Waals surface area contributed by atoms with Crippen molar-refractivity contribution in [3.05, 3.63) is 0 Å². The fraction of sp³-hybridized carbons (Fsp3) is 0.955. The average Bonchev–Trinajstić information content (AvgIpc) is 2.90. The number of fused-ring (bicyclic) bond motifs is 5. The van der Waals surface area contributed by atoms with Gasteiger partial charge in [0.1, 0.15) is 0 Å². The van der Waals surface area contributed by atoms with Crippen LogP contribution in [0.2, 0.25) is 0 Å². The Balaban J connectivity index is 1.60. The van der Waals surface area contributed by atoms with E-state index in [1.165, 1.54) is 57.8 Å². The summed E-state index contributed by atoms with van der Waals surface area (Å²) in [4.78, 5) is 11.6. The van der Waals surface area contributed by atoms with Crippen molar-refractivity contribution >= 4 is 5.97 Å². The van der Waals surface area contributed by atoms with Crippen molar-refractivity contribution in [3.8, 4) is 0 Å². The van der Waals surface area contributed by atoms with Gasteiger partial charge in [-0.2, -0.15) is 0 Å². The topological polar surface area (TPSA) is 37.3 Å². The lowest BCUT2D eigenvalue weighted by molar-refractivity contribution is -0.148. The van der Waals surface area contributed by atoms with E-state index < -0.39 is 5.97 Å². The summed E-state index contributed by atoms with van der Waals surface area (Å²) < 4.78 is 0. The Kier molecular flexibility index (Phi) is 4.05. The fourth-order valence-electron chi connectivity index (χ4n) is 8.33. The van der Waals surface area contributed by atoms with Crippen LogP contribution in [0, 0.1) is 46.3 Å². The summed E-state index contributed by atoms with van der Waals surface area (Å²) in [5, 5.41) is 9.57. The summed E-state index contributed by atoms with van der Waals surface area (Å²) in [5.41, 5.74) is 0.885. The lowest BCUT2D eigenvalue weighted by Crippen LogP contribution is -2.53. The molecule has 1 unspecified atom stereocenters. The van der Waals surface area contributed by atoms with Crippen LogP contribution in [-0.4, -0.2) is 11.1 Å². The Morgan fingerprint density at radius 3 is 2.42 bits per heavy atom. The van der Waals surface area contributed by atoms with Crippen molar-refractivity contribution in [2.75, 3.05) is 0 Å².